The van der Waals surface area contributed by atoms with Crippen LogP contribution >= 0.6 is 0 Å². The molecule has 1 aliphatic heterocycles. The molecule has 0 radical (unpaired) electrons. The van der Waals surface area contributed by atoms with E-state index in [1.807, 2.05) is 60.7 Å². The summed E-state index contributed by atoms with van der Waals surface area (Å²) in [6.45, 7) is 0.964. The largest absolute Gasteiger partial charge is 0.480 e. The molecule has 5 heteroatoms. The number of ether oxygens (including phenoxy) is 2. The van der Waals surface area contributed by atoms with Crippen molar-refractivity contribution < 1.29 is 19.4 Å². The predicted octanol–water partition coefficient (Wildman–Crippen LogP) is 3.69. The second-order valence-corrected chi connectivity index (χ2v) is 7.23. The molecule has 2 aliphatic rings. The Kier molecular flexibility index (Phi) is 4.47. The summed E-state index contributed by atoms with van der Waals surface area (Å²) in [6.07, 6.45) is 0.695. The van der Waals surface area contributed by atoms with E-state index in [2.05, 4.69) is 6.07 Å². The first kappa shape index (κ1) is 17.7. The summed E-state index contributed by atoms with van der Waals surface area (Å²) in [5, 5.41) is 20.5. The Bertz CT molecular complexity index is 801. The molecule has 1 spiro atoms. The average Bonchev–Trinajstić information content (AvgIpc) is 3.16. The Hall–Kier alpha value is -2.68. The fourth-order valence-corrected chi connectivity index (χ4v) is 4.64. The first-order chi connectivity index (χ1) is 13.1. The van der Waals surface area contributed by atoms with Crippen LogP contribution in [0.2, 0.25) is 0 Å². The van der Waals surface area contributed by atoms with Crippen LogP contribution in [0.25, 0.3) is 0 Å². The maximum absolute atomic E-state index is 12.6. The predicted molar refractivity (Wildman–Crippen MR) is 97.9 cm³/mol. The molecule has 2 fully saturated rings. The number of hydrogen-bond acceptors (Lipinski definition) is 4. The lowest BCUT2D eigenvalue weighted by molar-refractivity contribution is -0.203. The number of carboxylic acid groups (broad SMARTS) is 1. The maximum atomic E-state index is 12.6. The van der Waals surface area contributed by atoms with Gasteiger partial charge in [0.25, 0.3) is 0 Å². The Labute approximate surface area is 158 Å². The van der Waals surface area contributed by atoms with E-state index < -0.39 is 29.0 Å². The smallest absolute Gasteiger partial charge is 0.325 e. The van der Waals surface area contributed by atoms with E-state index in [-0.39, 0.29) is 0 Å². The van der Waals surface area contributed by atoms with Crippen molar-refractivity contribution in [2.45, 2.75) is 30.5 Å². The van der Waals surface area contributed by atoms with Gasteiger partial charge in [-0.15, -0.1) is 0 Å². The zero-order valence-electron chi connectivity index (χ0n) is 14.9. The Morgan fingerprint density at radius 2 is 1.37 bits per heavy atom. The van der Waals surface area contributed by atoms with Crippen LogP contribution in [0.4, 0.5) is 0 Å². The quantitative estimate of drug-likeness (QED) is 0.900. The van der Waals surface area contributed by atoms with Crippen molar-refractivity contribution in [3.05, 3.63) is 71.8 Å². The average molecular weight is 363 g/mol. The number of aliphatic carboxylic acids is 1. The van der Waals surface area contributed by atoms with Crippen molar-refractivity contribution in [2.75, 3.05) is 13.2 Å². The lowest BCUT2D eigenvalue weighted by Crippen LogP contribution is -2.52. The van der Waals surface area contributed by atoms with Gasteiger partial charge in [0.15, 0.2) is 11.2 Å². The van der Waals surface area contributed by atoms with Crippen LogP contribution in [0.1, 0.15) is 35.8 Å². The Morgan fingerprint density at radius 3 is 1.74 bits per heavy atom. The highest BCUT2D eigenvalue weighted by Gasteiger charge is 2.62. The Morgan fingerprint density at radius 1 is 0.926 bits per heavy atom. The minimum absolute atomic E-state index is 0.347. The summed E-state index contributed by atoms with van der Waals surface area (Å²) in [7, 11) is 0. The van der Waals surface area contributed by atoms with Gasteiger partial charge < -0.3 is 14.6 Å². The molecule has 1 aliphatic carbocycles. The van der Waals surface area contributed by atoms with Crippen LogP contribution < -0.4 is 0 Å². The molecule has 138 valence electrons. The van der Waals surface area contributed by atoms with Crippen molar-refractivity contribution >= 4 is 5.97 Å². The van der Waals surface area contributed by atoms with Gasteiger partial charge in [-0.05, 0) is 11.1 Å². The molecule has 1 N–H and O–H groups in total. The molecule has 4 rings (SSSR count). The molecule has 0 amide bonds. The highest BCUT2D eigenvalue weighted by atomic mass is 16.7. The maximum Gasteiger partial charge on any atom is 0.325 e. The summed E-state index contributed by atoms with van der Waals surface area (Å²) in [5.74, 6) is -3.03. The van der Waals surface area contributed by atoms with Gasteiger partial charge in [-0.3, -0.25) is 4.79 Å². The first-order valence-electron chi connectivity index (χ1n) is 9.14. The zero-order valence-corrected chi connectivity index (χ0v) is 14.9. The van der Waals surface area contributed by atoms with Crippen molar-refractivity contribution in [3.63, 3.8) is 0 Å². The van der Waals surface area contributed by atoms with Gasteiger partial charge in [-0.1, -0.05) is 60.7 Å². The van der Waals surface area contributed by atoms with Crippen molar-refractivity contribution in [1.29, 1.82) is 5.26 Å². The van der Waals surface area contributed by atoms with Crippen molar-refractivity contribution in [1.82, 2.24) is 0 Å². The fraction of sp³-hybridized carbons (Fsp3) is 0.364. The lowest BCUT2D eigenvalue weighted by Gasteiger charge is -2.48. The first-order valence-corrected chi connectivity index (χ1v) is 9.14. The molecular formula is C22H21NO4. The van der Waals surface area contributed by atoms with E-state index in [0.29, 0.717) is 26.1 Å². The van der Waals surface area contributed by atoms with Crippen molar-refractivity contribution in [3.8, 4) is 6.07 Å². The van der Waals surface area contributed by atoms with Gasteiger partial charge in [0.05, 0.1) is 19.3 Å². The van der Waals surface area contributed by atoms with E-state index in [9.17, 15) is 15.2 Å². The molecule has 1 heterocycles. The number of hydrogen-bond donors (Lipinski definition) is 1. The third kappa shape index (κ3) is 2.82. The van der Waals surface area contributed by atoms with Gasteiger partial charge in [0.1, 0.15) is 0 Å². The molecule has 2 aromatic carbocycles. The zero-order chi connectivity index (χ0) is 18.9. The molecule has 5 nitrogen and oxygen atoms in total. The molecule has 1 saturated carbocycles. The number of carbonyl (C=O) groups is 1. The summed E-state index contributed by atoms with van der Waals surface area (Å²) in [4.78, 5) is 12.6. The highest BCUT2D eigenvalue weighted by molar-refractivity contribution is 5.81. The van der Waals surface area contributed by atoms with Gasteiger partial charge in [0.2, 0.25) is 0 Å². The monoisotopic (exact) mass is 363 g/mol. The third-order valence-corrected chi connectivity index (χ3v) is 5.89. The number of carboxylic acids is 1. The second kappa shape index (κ2) is 6.80. The van der Waals surface area contributed by atoms with Gasteiger partial charge in [-0.2, -0.15) is 5.26 Å². The molecular weight excluding hydrogens is 342 g/mol. The lowest BCUT2D eigenvalue weighted by atomic mass is 9.55. The molecule has 27 heavy (non-hydrogen) atoms. The standard InChI is InChI=1S/C22H21NO4/c23-15-22(20(24)25)18(16-7-3-1-4-8-16)13-21(26-11-12-27-21)14-19(22)17-9-5-2-6-10-17/h1-10,18-19H,11-14H2,(H,24,25)/t18-,19+,22?. The van der Waals surface area contributed by atoms with Crippen LogP contribution in [0.3, 0.4) is 0 Å². The second-order valence-electron chi connectivity index (χ2n) is 7.23. The fourth-order valence-electron chi connectivity index (χ4n) is 4.64. The molecule has 1 unspecified atom stereocenters. The van der Waals surface area contributed by atoms with Crippen LogP contribution in [0.15, 0.2) is 60.7 Å². The van der Waals surface area contributed by atoms with Crippen LogP contribution in [-0.4, -0.2) is 30.1 Å². The molecule has 0 aromatic heterocycles. The number of benzene rings is 2. The van der Waals surface area contributed by atoms with Gasteiger partial charge in [-0.25, -0.2) is 0 Å². The van der Waals surface area contributed by atoms with E-state index >= 15 is 0 Å². The van der Waals surface area contributed by atoms with Crippen LogP contribution in [0.5, 0.6) is 0 Å². The van der Waals surface area contributed by atoms with Crippen molar-refractivity contribution in [2.24, 2.45) is 5.41 Å². The summed E-state index contributed by atoms with van der Waals surface area (Å²) < 4.78 is 12.0. The SMILES string of the molecule is N#CC1(C(=O)O)[C@@H](c2ccccc2)CC2(C[C@H]1c1ccccc1)OCCO2. The molecule has 2 aromatic rings. The van der Waals surface area contributed by atoms with E-state index in [1.54, 1.807) is 0 Å². The molecule has 3 atom stereocenters. The van der Waals surface area contributed by atoms with E-state index in [0.717, 1.165) is 11.1 Å². The van der Waals surface area contributed by atoms with Crippen LogP contribution in [-0.2, 0) is 14.3 Å². The van der Waals surface area contributed by atoms with E-state index in [4.69, 9.17) is 9.47 Å². The Balaban J connectivity index is 1.91. The summed E-state index contributed by atoms with van der Waals surface area (Å²) in [6, 6.07) is 21.0. The summed E-state index contributed by atoms with van der Waals surface area (Å²) >= 11 is 0. The van der Waals surface area contributed by atoms with Gasteiger partial charge in [0, 0.05) is 24.7 Å². The summed E-state index contributed by atoms with van der Waals surface area (Å²) in [5.41, 5.74) is 0.0459. The topological polar surface area (TPSA) is 79.6 Å². The van der Waals surface area contributed by atoms with E-state index in [1.165, 1.54) is 0 Å². The number of nitriles is 1. The van der Waals surface area contributed by atoms with Gasteiger partial charge >= 0.3 is 5.97 Å². The van der Waals surface area contributed by atoms with Crippen LogP contribution in [0, 0.1) is 16.7 Å². The highest BCUT2D eigenvalue weighted by Crippen LogP contribution is 2.59. The third-order valence-electron chi connectivity index (χ3n) is 5.89. The number of rotatable bonds is 3. The molecule has 1 saturated heterocycles. The minimum atomic E-state index is -1.59. The number of nitrogens with zero attached hydrogens (tertiary/aromatic N) is 1. The normalized spacial score (nSPS) is 29.3. The molecule has 0 bridgehead atoms. The minimum Gasteiger partial charge on any atom is -0.480 e.